The Hall–Kier alpha value is -2.96. The summed E-state index contributed by atoms with van der Waals surface area (Å²) < 4.78 is 0. The molecule has 1 atom stereocenters. The van der Waals surface area contributed by atoms with Gasteiger partial charge in [0, 0.05) is 28.9 Å². The average Bonchev–Trinajstić information content (AvgIpc) is 3.17. The van der Waals surface area contributed by atoms with Gasteiger partial charge in [0.2, 0.25) is 5.91 Å². The average molecular weight is 421 g/mol. The van der Waals surface area contributed by atoms with Crippen LogP contribution in [0, 0.1) is 0 Å². The van der Waals surface area contributed by atoms with Crippen molar-refractivity contribution in [3.05, 3.63) is 76.4 Å². The number of primary amides is 1. The molecule has 0 saturated carbocycles. The molecule has 3 heterocycles. The first kappa shape index (κ1) is 18.1. The molecule has 0 saturated heterocycles. The monoisotopic (exact) mass is 420 g/mol. The summed E-state index contributed by atoms with van der Waals surface area (Å²) in [4.78, 5) is 24.3. The second kappa shape index (κ2) is 7.13. The van der Waals surface area contributed by atoms with Crippen molar-refractivity contribution in [2.75, 3.05) is 4.90 Å². The number of nitrogens with zero attached hydrogens (tertiary/aromatic N) is 3. The van der Waals surface area contributed by atoms with Crippen molar-refractivity contribution in [1.82, 2.24) is 9.97 Å². The molecule has 5 rings (SSSR count). The van der Waals surface area contributed by atoms with Crippen LogP contribution in [0.4, 0.5) is 5.82 Å². The Kier molecular flexibility index (Phi) is 4.45. The van der Waals surface area contributed by atoms with E-state index in [0.717, 1.165) is 32.7 Å². The van der Waals surface area contributed by atoms with Crippen LogP contribution < -0.4 is 10.6 Å². The number of carbonyl (C=O) groups excluding carboxylic acids is 1. The number of fused-ring (bicyclic) bond motifs is 2. The van der Waals surface area contributed by atoms with Crippen molar-refractivity contribution in [1.29, 1.82) is 0 Å². The Morgan fingerprint density at radius 3 is 2.62 bits per heavy atom. The Labute approximate surface area is 176 Å². The van der Waals surface area contributed by atoms with Gasteiger partial charge < -0.3 is 10.6 Å². The summed E-state index contributed by atoms with van der Waals surface area (Å²) in [5, 5.41) is 3.69. The largest absolute Gasteiger partial charge is 0.368 e. The van der Waals surface area contributed by atoms with Gasteiger partial charge in [-0.15, -0.1) is 11.3 Å². The molecule has 2 N–H and O–H groups in total. The molecule has 1 aliphatic heterocycles. The fourth-order valence-electron chi connectivity index (χ4n) is 3.92. The standard InChI is InChI=1S/C22H17ClN4OS/c23-16-7-5-13(6-8-16)17-11-29-22-19(17)21(25-12-26-22)27-10-15-4-2-1-3-14(15)9-18(27)20(24)28/h1-8,11-12,18H,9-10H2,(H2,24,28)/t18-/m1/s1. The predicted octanol–water partition coefficient (Wildman–Crippen LogP) is 4.43. The molecule has 0 unspecified atom stereocenters. The third-order valence-corrected chi connectivity index (χ3v) is 6.49. The van der Waals surface area contributed by atoms with E-state index in [4.69, 9.17) is 17.3 Å². The molecule has 0 aliphatic carbocycles. The summed E-state index contributed by atoms with van der Waals surface area (Å²) in [5.41, 5.74) is 10.2. The highest BCUT2D eigenvalue weighted by molar-refractivity contribution is 7.17. The van der Waals surface area contributed by atoms with Crippen LogP contribution >= 0.6 is 22.9 Å². The molecule has 0 bridgehead atoms. The molecule has 1 amide bonds. The van der Waals surface area contributed by atoms with E-state index in [2.05, 4.69) is 27.5 Å². The molecule has 144 valence electrons. The quantitative estimate of drug-likeness (QED) is 0.532. The van der Waals surface area contributed by atoms with Crippen molar-refractivity contribution in [3.8, 4) is 11.1 Å². The summed E-state index contributed by atoms with van der Waals surface area (Å²) in [6, 6.07) is 15.4. The van der Waals surface area contributed by atoms with Gasteiger partial charge in [-0.2, -0.15) is 0 Å². The number of nitrogens with two attached hydrogens (primary N) is 1. The molecular weight excluding hydrogens is 404 g/mol. The zero-order valence-electron chi connectivity index (χ0n) is 15.4. The zero-order chi connectivity index (χ0) is 20.0. The van der Waals surface area contributed by atoms with Gasteiger partial charge in [-0.25, -0.2) is 9.97 Å². The van der Waals surface area contributed by atoms with Crippen LogP contribution in [0.5, 0.6) is 0 Å². The fraction of sp³-hybridized carbons (Fsp3) is 0.136. The molecule has 29 heavy (non-hydrogen) atoms. The first-order chi connectivity index (χ1) is 14.1. The third kappa shape index (κ3) is 3.14. The maximum absolute atomic E-state index is 12.3. The van der Waals surface area contributed by atoms with Crippen molar-refractivity contribution in [2.45, 2.75) is 19.0 Å². The molecule has 0 fully saturated rings. The molecule has 0 spiro atoms. The van der Waals surface area contributed by atoms with Crippen molar-refractivity contribution < 1.29 is 4.79 Å². The van der Waals surface area contributed by atoms with E-state index in [1.165, 1.54) is 5.56 Å². The highest BCUT2D eigenvalue weighted by Gasteiger charge is 2.32. The lowest BCUT2D eigenvalue weighted by Crippen LogP contribution is -2.49. The summed E-state index contributed by atoms with van der Waals surface area (Å²) in [6.07, 6.45) is 2.12. The minimum absolute atomic E-state index is 0.352. The lowest BCUT2D eigenvalue weighted by Gasteiger charge is -2.36. The summed E-state index contributed by atoms with van der Waals surface area (Å²) in [5.74, 6) is 0.383. The summed E-state index contributed by atoms with van der Waals surface area (Å²) >= 11 is 7.62. The SMILES string of the molecule is NC(=O)[C@H]1Cc2ccccc2CN1c1ncnc2scc(-c3ccc(Cl)cc3)c12. The van der Waals surface area contributed by atoms with E-state index >= 15 is 0 Å². The Bertz CT molecular complexity index is 1220. The van der Waals surface area contributed by atoms with E-state index in [-0.39, 0.29) is 5.91 Å². The number of thiophene rings is 1. The van der Waals surface area contributed by atoms with Crippen molar-refractivity contribution >= 4 is 44.9 Å². The molecule has 1 aliphatic rings. The lowest BCUT2D eigenvalue weighted by atomic mass is 9.93. The van der Waals surface area contributed by atoms with Gasteiger partial charge in [-0.05, 0) is 28.8 Å². The minimum atomic E-state index is -0.457. The van der Waals surface area contributed by atoms with E-state index < -0.39 is 6.04 Å². The smallest absolute Gasteiger partial charge is 0.240 e. The van der Waals surface area contributed by atoms with Gasteiger partial charge in [0.1, 0.15) is 23.0 Å². The predicted molar refractivity (Wildman–Crippen MR) is 117 cm³/mol. The summed E-state index contributed by atoms with van der Waals surface area (Å²) in [6.45, 7) is 0.575. The van der Waals surface area contributed by atoms with Gasteiger partial charge in [0.05, 0.1) is 5.39 Å². The second-order valence-corrected chi connectivity index (χ2v) is 8.35. The van der Waals surface area contributed by atoms with Crippen molar-refractivity contribution in [2.24, 2.45) is 5.73 Å². The highest BCUT2D eigenvalue weighted by atomic mass is 35.5. The Morgan fingerprint density at radius 2 is 1.86 bits per heavy atom. The van der Waals surface area contributed by atoms with Crippen LogP contribution in [0.1, 0.15) is 11.1 Å². The number of hydrogen-bond donors (Lipinski definition) is 1. The number of aromatic nitrogens is 2. The number of carbonyl (C=O) groups is 1. The van der Waals surface area contributed by atoms with Gasteiger partial charge >= 0.3 is 0 Å². The van der Waals surface area contributed by atoms with Gasteiger partial charge in [-0.3, -0.25) is 4.79 Å². The number of benzene rings is 2. The van der Waals surface area contributed by atoms with Crippen LogP contribution in [-0.4, -0.2) is 21.9 Å². The van der Waals surface area contributed by atoms with Gasteiger partial charge in [-0.1, -0.05) is 48.0 Å². The molecular formula is C22H17ClN4OS. The number of amides is 1. The normalized spacial score (nSPS) is 16.0. The topological polar surface area (TPSA) is 72.1 Å². The number of anilines is 1. The number of hydrogen-bond acceptors (Lipinski definition) is 5. The molecule has 0 radical (unpaired) electrons. The first-order valence-electron chi connectivity index (χ1n) is 9.22. The molecule has 2 aromatic carbocycles. The van der Waals surface area contributed by atoms with Crippen LogP contribution in [0.2, 0.25) is 5.02 Å². The third-order valence-electron chi connectivity index (χ3n) is 5.35. The Balaban J connectivity index is 1.69. The molecule has 4 aromatic rings. The van der Waals surface area contributed by atoms with E-state index in [9.17, 15) is 4.79 Å². The van der Waals surface area contributed by atoms with E-state index in [1.807, 2.05) is 41.3 Å². The van der Waals surface area contributed by atoms with Crippen LogP contribution in [0.15, 0.2) is 60.2 Å². The highest BCUT2D eigenvalue weighted by Crippen LogP contribution is 2.40. The van der Waals surface area contributed by atoms with Crippen LogP contribution in [0.25, 0.3) is 21.3 Å². The molecule has 5 nitrogen and oxygen atoms in total. The van der Waals surface area contributed by atoms with Crippen molar-refractivity contribution in [3.63, 3.8) is 0 Å². The summed E-state index contributed by atoms with van der Waals surface area (Å²) in [7, 11) is 0. The number of rotatable bonds is 3. The number of halogens is 1. The van der Waals surface area contributed by atoms with E-state index in [0.29, 0.717) is 18.0 Å². The minimum Gasteiger partial charge on any atom is -0.368 e. The first-order valence-corrected chi connectivity index (χ1v) is 10.5. The van der Waals surface area contributed by atoms with Crippen LogP contribution in [0.3, 0.4) is 0 Å². The molecule has 7 heteroatoms. The second-order valence-electron chi connectivity index (χ2n) is 7.05. The maximum atomic E-state index is 12.3. The fourth-order valence-corrected chi connectivity index (χ4v) is 4.96. The molecule has 2 aromatic heterocycles. The van der Waals surface area contributed by atoms with Gasteiger partial charge in [0.15, 0.2) is 0 Å². The lowest BCUT2D eigenvalue weighted by molar-refractivity contribution is -0.119. The van der Waals surface area contributed by atoms with Crippen LogP contribution in [-0.2, 0) is 17.8 Å². The Morgan fingerprint density at radius 1 is 1.10 bits per heavy atom. The van der Waals surface area contributed by atoms with Gasteiger partial charge in [0.25, 0.3) is 0 Å². The van der Waals surface area contributed by atoms with E-state index in [1.54, 1.807) is 17.7 Å². The maximum Gasteiger partial charge on any atom is 0.240 e. The zero-order valence-corrected chi connectivity index (χ0v) is 17.0.